The maximum absolute atomic E-state index is 14.0. The SMILES string of the molecule is CC(Nc1nc(N)nc(N)c1C#N)c1nc2ccccc2c(=O)n1-c1cc(F)cc(F)c1. The number of fused-ring (bicyclic) bond motifs is 1. The van der Waals surface area contributed by atoms with Gasteiger partial charge >= 0.3 is 0 Å². The van der Waals surface area contributed by atoms with Crippen molar-refractivity contribution in [2.24, 2.45) is 0 Å². The van der Waals surface area contributed by atoms with Gasteiger partial charge in [0.2, 0.25) is 5.95 Å². The predicted octanol–water partition coefficient (Wildman–Crippen LogP) is 2.66. The van der Waals surface area contributed by atoms with Gasteiger partial charge in [0.15, 0.2) is 5.82 Å². The van der Waals surface area contributed by atoms with Gasteiger partial charge in [-0.3, -0.25) is 9.36 Å². The van der Waals surface area contributed by atoms with E-state index in [0.717, 1.165) is 16.7 Å². The van der Waals surface area contributed by atoms with E-state index >= 15 is 0 Å². The second kappa shape index (κ2) is 7.92. The Morgan fingerprint density at radius 1 is 1.09 bits per heavy atom. The molecule has 0 aliphatic rings. The highest BCUT2D eigenvalue weighted by Crippen LogP contribution is 2.25. The van der Waals surface area contributed by atoms with Gasteiger partial charge < -0.3 is 16.8 Å². The molecule has 2 aromatic carbocycles. The largest absolute Gasteiger partial charge is 0.382 e. The van der Waals surface area contributed by atoms with Crippen LogP contribution in [0.2, 0.25) is 0 Å². The lowest BCUT2D eigenvalue weighted by molar-refractivity contribution is 0.579. The number of nitrogens with two attached hydrogens (primary N) is 2. The second-order valence-electron chi connectivity index (χ2n) is 6.92. The molecule has 0 bridgehead atoms. The first-order chi connectivity index (χ1) is 15.3. The van der Waals surface area contributed by atoms with Crippen LogP contribution in [0.1, 0.15) is 24.4 Å². The standard InChI is InChI=1S/C21H16F2N8O/c1-10(27-18-15(9-24)17(25)29-21(26)30-18)19-28-16-5-3-2-4-14(16)20(32)31(19)13-7-11(22)6-12(23)8-13/h2-8,10H,1H3,(H5,25,26,27,29,30). The smallest absolute Gasteiger partial charge is 0.266 e. The normalized spacial score (nSPS) is 11.8. The van der Waals surface area contributed by atoms with Crippen LogP contribution in [0.3, 0.4) is 0 Å². The van der Waals surface area contributed by atoms with Crippen LogP contribution in [0.5, 0.6) is 0 Å². The summed E-state index contributed by atoms with van der Waals surface area (Å²) in [6.07, 6.45) is 0. The molecule has 0 saturated carbocycles. The summed E-state index contributed by atoms with van der Waals surface area (Å²) in [4.78, 5) is 25.6. The Hall–Kier alpha value is -4.59. The Morgan fingerprint density at radius 3 is 2.47 bits per heavy atom. The molecule has 2 aromatic heterocycles. The third kappa shape index (κ3) is 3.65. The van der Waals surface area contributed by atoms with Gasteiger partial charge in [0, 0.05) is 6.07 Å². The molecule has 160 valence electrons. The molecular formula is C21H16F2N8O. The molecule has 0 aliphatic carbocycles. The van der Waals surface area contributed by atoms with E-state index in [9.17, 15) is 18.8 Å². The number of hydrogen-bond donors (Lipinski definition) is 3. The molecule has 4 rings (SSSR count). The van der Waals surface area contributed by atoms with Crippen molar-refractivity contribution in [1.82, 2.24) is 19.5 Å². The van der Waals surface area contributed by atoms with E-state index in [2.05, 4.69) is 20.3 Å². The van der Waals surface area contributed by atoms with Crippen molar-refractivity contribution >= 4 is 28.5 Å². The molecule has 0 spiro atoms. The zero-order valence-electron chi connectivity index (χ0n) is 16.7. The molecule has 0 saturated heterocycles. The van der Waals surface area contributed by atoms with Crippen molar-refractivity contribution in [3.8, 4) is 11.8 Å². The summed E-state index contributed by atoms with van der Waals surface area (Å²) in [6, 6.07) is 10.5. The molecule has 0 fully saturated rings. The van der Waals surface area contributed by atoms with Crippen LogP contribution in [0.4, 0.5) is 26.4 Å². The number of benzene rings is 2. The van der Waals surface area contributed by atoms with Gasteiger partial charge in [-0.15, -0.1) is 0 Å². The van der Waals surface area contributed by atoms with E-state index < -0.39 is 23.2 Å². The Bertz CT molecular complexity index is 1440. The summed E-state index contributed by atoms with van der Waals surface area (Å²) in [5.41, 5.74) is 11.2. The molecule has 1 unspecified atom stereocenters. The second-order valence-corrected chi connectivity index (χ2v) is 6.92. The zero-order chi connectivity index (χ0) is 23.0. The fraction of sp³-hybridized carbons (Fsp3) is 0.0952. The maximum atomic E-state index is 14.0. The first-order valence-corrected chi connectivity index (χ1v) is 9.36. The fourth-order valence-corrected chi connectivity index (χ4v) is 3.34. The molecule has 0 aliphatic heterocycles. The molecule has 0 radical (unpaired) electrons. The quantitative estimate of drug-likeness (QED) is 0.444. The number of rotatable bonds is 4. The van der Waals surface area contributed by atoms with Gasteiger partial charge in [-0.2, -0.15) is 15.2 Å². The monoisotopic (exact) mass is 434 g/mol. The first kappa shape index (κ1) is 20.7. The third-order valence-corrected chi connectivity index (χ3v) is 4.71. The van der Waals surface area contributed by atoms with E-state index in [1.54, 1.807) is 31.2 Å². The molecular weight excluding hydrogens is 418 g/mol. The summed E-state index contributed by atoms with van der Waals surface area (Å²) >= 11 is 0. The highest BCUT2D eigenvalue weighted by atomic mass is 19.1. The van der Waals surface area contributed by atoms with Crippen LogP contribution in [0.15, 0.2) is 47.3 Å². The maximum Gasteiger partial charge on any atom is 0.266 e. The van der Waals surface area contributed by atoms with Gasteiger partial charge in [0.05, 0.1) is 22.6 Å². The summed E-state index contributed by atoms with van der Waals surface area (Å²) < 4.78 is 29.0. The van der Waals surface area contributed by atoms with Crippen LogP contribution in [0.25, 0.3) is 16.6 Å². The number of anilines is 3. The van der Waals surface area contributed by atoms with Crippen LogP contribution in [0, 0.1) is 23.0 Å². The summed E-state index contributed by atoms with van der Waals surface area (Å²) in [5, 5.41) is 12.6. The number of para-hydroxylation sites is 1. The van der Waals surface area contributed by atoms with Crippen LogP contribution >= 0.6 is 0 Å². The van der Waals surface area contributed by atoms with Crippen LogP contribution in [-0.2, 0) is 0 Å². The lowest BCUT2D eigenvalue weighted by Gasteiger charge is -2.21. The fourth-order valence-electron chi connectivity index (χ4n) is 3.34. The first-order valence-electron chi connectivity index (χ1n) is 9.36. The van der Waals surface area contributed by atoms with Crippen molar-refractivity contribution < 1.29 is 8.78 Å². The number of halogens is 2. The number of aromatic nitrogens is 4. The molecule has 11 heteroatoms. The van der Waals surface area contributed by atoms with E-state index in [4.69, 9.17) is 11.5 Å². The molecule has 32 heavy (non-hydrogen) atoms. The van der Waals surface area contributed by atoms with Gasteiger partial charge in [0.25, 0.3) is 5.56 Å². The molecule has 5 N–H and O–H groups in total. The lowest BCUT2D eigenvalue weighted by Crippen LogP contribution is -2.28. The van der Waals surface area contributed by atoms with Crippen LogP contribution < -0.4 is 22.3 Å². The minimum absolute atomic E-state index is 0.0318. The van der Waals surface area contributed by atoms with Gasteiger partial charge in [-0.05, 0) is 31.2 Å². The zero-order valence-corrected chi connectivity index (χ0v) is 16.7. The van der Waals surface area contributed by atoms with Crippen LogP contribution in [-0.4, -0.2) is 19.5 Å². The van der Waals surface area contributed by atoms with E-state index in [0.29, 0.717) is 11.6 Å². The third-order valence-electron chi connectivity index (χ3n) is 4.71. The summed E-state index contributed by atoms with van der Waals surface area (Å²) in [5.74, 6) is -1.83. The molecule has 2 heterocycles. The summed E-state index contributed by atoms with van der Waals surface area (Å²) in [6.45, 7) is 1.64. The Balaban J connectivity index is 1.94. The highest BCUT2D eigenvalue weighted by molar-refractivity contribution is 5.78. The molecule has 1 atom stereocenters. The Morgan fingerprint density at radius 2 is 1.78 bits per heavy atom. The van der Waals surface area contributed by atoms with Crippen molar-refractivity contribution in [2.45, 2.75) is 13.0 Å². The van der Waals surface area contributed by atoms with Crippen molar-refractivity contribution in [3.63, 3.8) is 0 Å². The van der Waals surface area contributed by atoms with Crippen molar-refractivity contribution in [1.29, 1.82) is 5.26 Å². The molecule has 0 amide bonds. The number of nitrogens with one attached hydrogen (secondary N) is 1. The topological polar surface area (TPSA) is 149 Å². The predicted molar refractivity (Wildman–Crippen MR) is 115 cm³/mol. The lowest BCUT2D eigenvalue weighted by atomic mass is 10.2. The Kier molecular flexibility index (Phi) is 5.11. The molecule has 4 aromatic rings. The van der Waals surface area contributed by atoms with Crippen molar-refractivity contribution in [2.75, 3.05) is 16.8 Å². The molecule has 9 nitrogen and oxygen atoms in total. The number of hydrogen-bond acceptors (Lipinski definition) is 8. The van der Waals surface area contributed by atoms with E-state index in [-0.39, 0.29) is 40.0 Å². The minimum atomic E-state index is -0.852. The van der Waals surface area contributed by atoms with Gasteiger partial charge in [0.1, 0.15) is 34.9 Å². The van der Waals surface area contributed by atoms with Gasteiger partial charge in [-0.25, -0.2) is 13.8 Å². The average molecular weight is 434 g/mol. The Labute approximate surface area is 180 Å². The number of nitrogen functional groups attached to an aromatic ring is 2. The van der Waals surface area contributed by atoms with Crippen molar-refractivity contribution in [3.05, 3.63) is 75.8 Å². The summed E-state index contributed by atoms with van der Waals surface area (Å²) in [7, 11) is 0. The van der Waals surface area contributed by atoms with E-state index in [1.807, 2.05) is 6.07 Å². The van der Waals surface area contributed by atoms with Gasteiger partial charge in [-0.1, -0.05) is 12.1 Å². The average Bonchev–Trinajstić information content (AvgIpc) is 2.72. The minimum Gasteiger partial charge on any atom is -0.382 e. The van der Waals surface area contributed by atoms with E-state index in [1.165, 1.54) is 0 Å². The number of nitriles is 1. The number of nitrogens with zero attached hydrogens (tertiary/aromatic N) is 5. The highest BCUT2D eigenvalue weighted by Gasteiger charge is 2.21.